The Morgan fingerprint density at radius 3 is 2.48 bits per heavy atom. The SMILES string of the molecule is CC(C)COc1ccc(-c2cc(C(=O)Cl)c3cc(Cl)ccc3n2)cc1. The molecule has 0 fully saturated rings. The molecule has 0 bridgehead atoms. The summed E-state index contributed by atoms with van der Waals surface area (Å²) in [4.78, 5) is 16.5. The molecule has 0 aliphatic carbocycles. The minimum absolute atomic E-state index is 0.393. The maximum atomic E-state index is 11.8. The van der Waals surface area contributed by atoms with Crippen molar-refractivity contribution in [3.05, 3.63) is 59.1 Å². The summed E-state index contributed by atoms with van der Waals surface area (Å²) in [6.45, 7) is 4.87. The molecule has 0 atom stereocenters. The van der Waals surface area contributed by atoms with Gasteiger partial charge in [0.05, 0.1) is 17.8 Å². The highest BCUT2D eigenvalue weighted by Gasteiger charge is 2.13. The summed E-state index contributed by atoms with van der Waals surface area (Å²) in [6.07, 6.45) is 0. The lowest BCUT2D eigenvalue weighted by Crippen LogP contribution is -2.04. The molecule has 0 aliphatic heterocycles. The summed E-state index contributed by atoms with van der Waals surface area (Å²) >= 11 is 11.8. The van der Waals surface area contributed by atoms with Gasteiger partial charge in [-0.15, -0.1) is 0 Å². The molecule has 128 valence electrons. The summed E-state index contributed by atoms with van der Waals surface area (Å²) in [5, 5.41) is 0.647. The molecule has 1 aromatic heterocycles. The summed E-state index contributed by atoms with van der Waals surface area (Å²) in [6, 6.07) is 14.5. The third-order valence-electron chi connectivity index (χ3n) is 3.72. The van der Waals surface area contributed by atoms with E-state index in [1.54, 1.807) is 24.3 Å². The number of pyridine rings is 1. The van der Waals surface area contributed by atoms with Gasteiger partial charge in [-0.1, -0.05) is 25.4 Å². The lowest BCUT2D eigenvalue weighted by atomic mass is 10.0. The van der Waals surface area contributed by atoms with Gasteiger partial charge in [0.15, 0.2) is 0 Å². The van der Waals surface area contributed by atoms with Crippen LogP contribution in [0.2, 0.25) is 5.02 Å². The van der Waals surface area contributed by atoms with Crippen LogP contribution in [0.25, 0.3) is 22.2 Å². The van der Waals surface area contributed by atoms with Crippen molar-refractivity contribution >= 4 is 39.3 Å². The van der Waals surface area contributed by atoms with Crippen LogP contribution in [-0.4, -0.2) is 16.8 Å². The normalized spacial score (nSPS) is 11.1. The molecule has 0 aliphatic rings. The second kappa shape index (κ2) is 7.42. The van der Waals surface area contributed by atoms with Gasteiger partial charge in [0.25, 0.3) is 5.24 Å². The lowest BCUT2D eigenvalue weighted by molar-refractivity contribution is 0.108. The predicted molar refractivity (Wildman–Crippen MR) is 103 cm³/mol. The molecule has 1 heterocycles. The maximum Gasteiger partial charge on any atom is 0.253 e. The molecular weight excluding hydrogens is 357 g/mol. The van der Waals surface area contributed by atoms with Gasteiger partial charge in [-0.3, -0.25) is 4.79 Å². The highest BCUT2D eigenvalue weighted by Crippen LogP contribution is 2.29. The van der Waals surface area contributed by atoms with Crippen molar-refractivity contribution in [3.8, 4) is 17.0 Å². The van der Waals surface area contributed by atoms with Crippen molar-refractivity contribution in [1.82, 2.24) is 4.98 Å². The fourth-order valence-electron chi connectivity index (χ4n) is 2.49. The second-order valence-electron chi connectivity index (χ2n) is 6.22. The number of hydrogen-bond donors (Lipinski definition) is 0. The fraction of sp³-hybridized carbons (Fsp3) is 0.200. The van der Waals surface area contributed by atoms with E-state index in [1.165, 1.54) is 0 Å². The van der Waals surface area contributed by atoms with Crippen LogP contribution in [-0.2, 0) is 0 Å². The minimum atomic E-state index is -0.534. The molecule has 0 radical (unpaired) electrons. The first-order valence-electron chi connectivity index (χ1n) is 7.97. The second-order valence-corrected chi connectivity index (χ2v) is 7.00. The first kappa shape index (κ1) is 17.7. The zero-order chi connectivity index (χ0) is 18.0. The number of aromatic nitrogens is 1. The molecule has 3 rings (SSSR count). The third-order valence-corrected chi connectivity index (χ3v) is 4.15. The van der Waals surface area contributed by atoms with Gasteiger partial charge >= 0.3 is 0 Å². The van der Waals surface area contributed by atoms with E-state index in [0.717, 1.165) is 11.3 Å². The minimum Gasteiger partial charge on any atom is -0.493 e. The van der Waals surface area contributed by atoms with Crippen LogP contribution < -0.4 is 4.74 Å². The summed E-state index contributed by atoms with van der Waals surface area (Å²) < 4.78 is 5.69. The zero-order valence-electron chi connectivity index (χ0n) is 13.9. The first-order chi connectivity index (χ1) is 11.9. The molecular formula is C20H17Cl2NO2. The van der Waals surface area contributed by atoms with E-state index in [0.29, 0.717) is 39.7 Å². The van der Waals surface area contributed by atoms with Crippen molar-refractivity contribution in [3.63, 3.8) is 0 Å². The molecule has 0 spiro atoms. The van der Waals surface area contributed by atoms with E-state index in [4.69, 9.17) is 27.9 Å². The van der Waals surface area contributed by atoms with Gasteiger partial charge in [-0.25, -0.2) is 4.98 Å². The number of ether oxygens (including phenoxy) is 1. The molecule has 0 N–H and O–H groups in total. The Hall–Kier alpha value is -2.10. The van der Waals surface area contributed by atoms with E-state index >= 15 is 0 Å². The van der Waals surface area contributed by atoms with Crippen molar-refractivity contribution in [2.75, 3.05) is 6.61 Å². The Bertz CT molecular complexity index is 921. The van der Waals surface area contributed by atoms with Gasteiger partial charge < -0.3 is 4.74 Å². The molecule has 25 heavy (non-hydrogen) atoms. The number of carbonyl (C=O) groups excluding carboxylic acids is 1. The molecule has 0 unspecified atom stereocenters. The standard InChI is InChI=1S/C20H17Cl2NO2/c1-12(2)11-25-15-6-3-13(4-7-15)19-10-17(20(22)24)16-9-14(21)5-8-18(16)23-19/h3-10,12H,11H2,1-2H3. The predicted octanol–water partition coefficient (Wildman–Crippen LogP) is 5.97. The smallest absolute Gasteiger partial charge is 0.253 e. The summed E-state index contributed by atoms with van der Waals surface area (Å²) in [5.41, 5.74) is 2.62. The molecule has 0 saturated carbocycles. The Labute approximate surface area is 156 Å². The first-order valence-corrected chi connectivity index (χ1v) is 8.73. The number of halogens is 2. The van der Waals surface area contributed by atoms with Gasteiger partial charge in [-0.05, 0) is 66.0 Å². The Kier molecular flexibility index (Phi) is 5.26. The highest BCUT2D eigenvalue weighted by atomic mass is 35.5. The van der Waals surface area contributed by atoms with Crippen LogP contribution >= 0.6 is 23.2 Å². The van der Waals surface area contributed by atoms with Crippen LogP contribution in [0.1, 0.15) is 24.2 Å². The van der Waals surface area contributed by atoms with E-state index in [1.807, 2.05) is 24.3 Å². The van der Waals surface area contributed by atoms with Gasteiger partial charge in [-0.2, -0.15) is 0 Å². The Morgan fingerprint density at radius 2 is 1.84 bits per heavy atom. The van der Waals surface area contributed by atoms with Crippen LogP contribution in [0.15, 0.2) is 48.5 Å². The van der Waals surface area contributed by atoms with E-state index in [9.17, 15) is 4.79 Å². The zero-order valence-corrected chi connectivity index (χ0v) is 15.4. The fourth-order valence-corrected chi connectivity index (χ4v) is 2.82. The maximum absolute atomic E-state index is 11.8. The van der Waals surface area contributed by atoms with Crippen LogP contribution in [0, 0.1) is 5.92 Å². The largest absolute Gasteiger partial charge is 0.493 e. The third kappa shape index (κ3) is 4.12. The monoisotopic (exact) mass is 373 g/mol. The van der Waals surface area contributed by atoms with Crippen LogP contribution in [0.3, 0.4) is 0 Å². The average molecular weight is 374 g/mol. The number of carbonyl (C=O) groups is 1. The van der Waals surface area contributed by atoms with Crippen molar-refractivity contribution < 1.29 is 9.53 Å². The molecule has 2 aromatic carbocycles. The molecule has 3 nitrogen and oxygen atoms in total. The van der Waals surface area contributed by atoms with Crippen molar-refractivity contribution in [1.29, 1.82) is 0 Å². The quantitative estimate of drug-likeness (QED) is 0.517. The van der Waals surface area contributed by atoms with Crippen molar-refractivity contribution in [2.45, 2.75) is 13.8 Å². The van der Waals surface area contributed by atoms with E-state index < -0.39 is 5.24 Å². The number of rotatable bonds is 5. The molecule has 5 heteroatoms. The topological polar surface area (TPSA) is 39.2 Å². The lowest BCUT2D eigenvalue weighted by Gasteiger charge is -2.10. The Balaban J connectivity index is 2.01. The number of fused-ring (bicyclic) bond motifs is 1. The van der Waals surface area contributed by atoms with E-state index in [-0.39, 0.29) is 0 Å². The van der Waals surface area contributed by atoms with Crippen LogP contribution in [0.5, 0.6) is 5.75 Å². The summed E-state index contributed by atoms with van der Waals surface area (Å²) in [5.74, 6) is 1.27. The number of nitrogens with zero attached hydrogens (tertiary/aromatic N) is 1. The molecule has 0 saturated heterocycles. The van der Waals surface area contributed by atoms with Gasteiger partial charge in [0.1, 0.15) is 5.75 Å². The molecule has 3 aromatic rings. The van der Waals surface area contributed by atoms with Gasteiger partial charge in [0, 0.05) is 21.5 Å². The van der Waals surface area contributed by atoms with Gasteiger partial charge in [0.2, 0.25) is 0 Å². The van der Waals surface area contributed by atoms with Crippen LogP contribution in [0.4, 0.5) is 0 Å². The average Bonchev–Trinajstić information content (AvgIpc) is 2.59. The number of benzene rings is 2. The summed E-state index contributed by atoms with van der Waals surface area (Å²) in [7, 11) is 0. The highest BCUT2D eigenvalue weighted by molar-refractivity contribution is 6.68. The number of hydrogen-bond acceptors (Lipinski definition) is 3. The van der Waals surface area contributed by atoms with Crippen molar-refractivity contribution in [2.24, 2.45) is 5.92 Å². The molecule has 0 amide bonds. The Morgan fingerprint density at radius 1 is 1.12 bits per heavy atom. The van der Waals surface area contributed by atoms with E-state index in [2.05, 4.69) is 18.8 Å².